The number of aromatic carboxylic acids is 1. The van der Waals surface area contributed by atoms with E-state index in [0.717, 1.165) is 15.3 Å². The van der Waals surface area contributed by atoms with Crippen LogP contribution in [0.2, 0.25) is 0 Å². The summed E-state index contributed by atoms with van der Waals surface area (Å²) in [6, 6.07) is 1.62. The van der Waals surface area contributed by atoms with Crippen LogP contribution in [0, 0.1) is 18.3 Å². The molecule has 1 atom stereocenters. The Kier molecular flexibility index (Phi) is 7.97. The molecule has 12 heteroatoms. The quantitative estimate of drug-likeness (QED) is 0.389. The SMILES string of the molecule is CCOC(=O)C(=O)N1C[C@@H](CCc2sc(C(=O)O)cc2C)Cc2c1nc(NC(=O)C(C)(C)C)[nH]c2=O. The summed E-state index contributed by atoms with van der Waals surface area (Å²) >= 11 is 1.20. The molecule has 2 aromatic rings. The van der Waals surface area contributed by atoms with Crippen LogP contribution in [0.4, 0.5) is 11.8 Å². The van der Waals surface area contributed by atoms with Gasteiger partial charge in [-0.3, -0.25) is 29.6 Å². The van der Waals surface area contributed by atoms with Crippen molar-refractivity contribution in [3.8, 4) is 0 Å². The van der Waals surface area contributed by atoms with Gasteiger partial charge in [0.05, 0.1) is 12.2 Å². The van der Waals surface area contributed by atoms with E-state index in [2.05, 4.69) is 15.3 Å². The third-order valence-electron chi connectivity index (χ3n) is 5.80. The number of carbonyl (C=O) groups is 4. The molecule has 0 spiro atoms. The summed E-state index contributed by atoms with van der Waals surface area (Å²) in [4.78, 5) is 71.0. The average molecular weight is 519 g/mol. The summed E-state index contributed by atoms with van der Waals surface area (Å²) in [6.07, 6.45) is 1.40. The van der Waals surface area contributed by atoms with Gasteiger partial charge in [-0.1, -0.05) is 20.8 Å². The molecule has 0 saturated heterocycles. The number of carboxylic acids is 1. The van der Waals surface area contributed by atoms with Crippen LogP contribution in [0.25, 0.3) is 0 Å². The number of nitrogens with one attached hydrogen (secondary N) is 2. The minimum absolute atomic E-state index is 0.00789. The van der Waals surface area contributed by atoms with Crippen molar-refractivity contribution in [1.82, 2.24) is 9.97 Å². The number of thiophene rings is 1. The summed E-state index contributed by atoms with van der Waals surface area (Å²) in [5.41, 5.74) is -0.171. The molecule has 0 aliphatic carbocycles. The van der Waals surface area contributed by atoms with Crippen molar-refractivity contribution in [2.45, 2.75) is 53.9 Å². The number of anilines is 2. The van der Waals surface area contributed by atoms with Gasteiger partial charge in [-0.2, -0.15) is 4.98 Å². The smallest absolute Gasteiger partial charge is 0.397 e. The van der Waals surface area contributed by atoms with Crippen LogP contribution in [0.1, 0.15) is 59.8 Å². The predicted molar refractivity (Wildman–Crippen MR) is 133 cm³/mol. The van der Waals surface area contributed by atoms with E-state index >= 15 is 0 Å². The number of hydrogen-bond donors (Lipinski definition) is 3. The Bertz CT molecular complexity index is 1260. The second-order valence-electron chi connectivity index (χ2n) is 9.69. The monoisotopic (exact) mass is 518 g/mol. The molecule has 0 radical (unpaired) electrons. The maximum Gasteiger partial charge on any atom is 0.397 e. The largest absolute Gasteiger partial charge is 0.477 e. The van der Waals surface area contributed by atoms with Crippen LogP contribution in [0.5, 0.6) is 0 Å². The average Bonchev–Trinajstić information content (AvgIpc) is 3.17. The highest BCUT2D eigenvalue weighted by molar-refractivity contribution is 7.14. The number of carbonyl (C=O) groups excluding carboxylic acids is 3. The van der Waals surface area contributed by atoms with E-state index < -0.39 is 28.8 Å². The van der Waals surface area contributed by atoms with Crippen molar-refractivity contribution in [1.29, 1.82) is 0 Å². The van der Waals surface area contributed by atoms with E-state index in [1.54, 1.807) is 33.8 Å². The molecular weight excluding hydrogens is 488 g/mol. The molecule has 1 aliphatic heterocycles. The van der Waals surface area contributed by atoms with Crippen molar-refractivity contribution >= 4 is 46.9 Å². The molecule has 2 amide bonds. The van der Waals surface area contributed by atoms with E-state index in [4.69, 9.17) is 4.74 Å². The lowest BCUT2D eigenvalue weighted by atomic mass is 9.90. The van der Waals surface area contributed by atoms with Crippen LogP contribution >= 0.6 is 11.3 Å². The number of esters is 1. The number of amides is 2. The van der Waals surface area contributed by atoms with E-state index in [1.165, 1.54) is 11.3 Å². The van der Waals surface area contributed by atoms with E-state index in [1.807, 2.05) is 6.92 Å². The molecule has 1 aliphatic rings. The Morgan fingerprint density at radius 3 is 2.58 bits per heavy atom. The first-order chi connectivity index (χ1) is 16.8. The lowest BCUT2D eigenvalue weighted by Crippen LogP contribution is -2.46. The van der Waals surface area contributed by atoms with Crippen molar-refractivity contribution < 1.29 is 29.0 Å². The summed E-state index contributed by atoms with van der Waals surface area (Å²) in [6.45, 7) is 8.65. The number of nitrogens with zero attached hydrogens (tertiary/aromatic N) is 2. The fourth-order valence-corrected chi connectivity index (χ4v) is 4.86. The number of aryl methyl sites for hydroxylation is 2. The summed E-state index contributed by atoms with van der Waals surface area (Å²) < 4.78 is 4.88. The van der Waals surface area contributed by atoms with Gasteiger partial charge in [0, 0.05) is 16.8 Å². The van der Waals surface area contributed by atoms with Crippen molar-refractivity contribution in [2.75, 3.05) is 23.4 Å². The number of carboxylic acid groups (broad SMARTS) is 1. The van der Waals surface area contributed by atoms with Gasteiger partial charge < -0.3 is 9.84 Å². The van der Waals surface area contributed by atoms with Crippen molar-refractivity contribution in [3.05, 3.63) is 37.3 Å². The normalized spacial score (nSPS) is 15.2. The fourth-order valence-electron chi connectivity index (χ4n) is 3.83. The molecule has 0 bridgehead atoms. The second kappa shape index (κ2) is 10.6. The third-order valence-corrected chi connectivity index (χ3v) is 7.09. The van der Waals surface area contributed by atoms with Gasteiger partial charge in [0.25, 0.3) is 5.56 Å². The molecular formula is C24H30N4O7S. The molecule has 0 aromatic carbocycles. The van der Waals surface area contributed by atoms with Crippen LogP contribution in [-0.2, 0) is 32.0 Å². The number of aromatic nitrogens is 2. The second-order valence-corrected chi connectivity index (χ2v) is 10.8. The van der Waals surface area contributed by atoms with E-state index in [9.17, 15) is 29.1 Å². The molecule has 0 unspecified atom stereocenters. The van der Waals surface area contributed by atoms with Gasteiger partial charge in [-0.15, -0.1) is 11.3 Å². The maximum absolute atomic E-state index is 13.0. The lowest BCUT2D eigenvalue weighted by molar-refractivity contribution is -0.153. The van der Waals surface area contributed by atoms with Crippen LogP contribution in [0.15, 0.2) is 10.9 Å². The molecule has 11 nitrogen and oxygen atoms in total. The molecule has 0 saturated carbocycles. The highest BCUT2D eigenvalue weighted by Gasteiger charge is 2.36. The van der Waals surface area contributed by atoms with Crippen molar-refractivity contribution in [3.63, 3.8) is 0 Å². The predicted octanol–water partition coefficient (Wildman–Crippen LogP) is 2.52. The summed E-state index contributed by atoms with van der Waals surface area (Å²) in [7, 11) is 0. The lowest BCUT2D eigenvalue weighted by Gasteiger charge is -2.32. The maximum atomic E-state index is 13.0. The molecule has 3 rings (SSSR count). The highest BCUT2D eigenvalue weighted by atomic mass is 32.1. The molecule has 2 aromatic heterocycles. The number of H-pyrrole nitrogens is 1. The molecule has 3 heterocycles. The summed E-state index contributed by atoms with van der Waals surface area (Å²) in [5, 5.41) is 11.8. The zero-order valence-electron chi connectivity index (χ0n) is 20.9. The van der Waals surface area contributed by atoms with Gasteiger partial charge in [-0.05, 0) is 50.7 Å². The van der Waals surface area contributed by atoms with Gasteiger partial charge in [0.2, 0.25) is 11.9 Å². The number of aromatic amines is 1. The number of fused-ring (bicyclic) bond motifs is 1. The van der Waals surface area contributed by atoms with Gasteiger partial charge in [-0.25, -0.2) is 9.59 Å². The zero-order valence-corrected chi connectivity index (χ0v) is 21.7. The topological polar surface area (TPSA) is 159 Å². The minimum atomic E-state index is -1.06. The number of ether oxygens (including phenoxy) is 1. The standard InChI is InChI=1S/C24H30N4O7S/c1-6-35-21(33)19(30)28-11-13(7-8-15-12(2)9-16(36-15)20(31)32)10-14-17(28)25-23(26-18(14)29)27-22(34)24(3,4)5/h9,13H,6-8,10-11H2,1-5H3,(H,31,32)(H2,25,26,27,29,34)/t13-/m0/s1. The van der Waals surface area contributed by atoms with Crippen LogP contribution in [0.3, 0.4) is 0 Å². The molecule has 0 fully saturated rings. The number of rotatable bonds is 6. The van der Waals surface area contributed by atoms with Crippen molar-refractivity contribution in [2.24, 2.45) is 11.3 Å². The first-order valence-electron chi connectivity index (χ1n) is 11.6. The minimum Gasteiger partial charge on any atom is -0.477 e. The first kappa shape index (κ1) is 27.1. The Morgan fingerprint density at radius 1 is 1.31 bits per heavy atom. The van der Waals surface area contributed by atoms with Crippen LogP contribution in [-0.4, -0.2) is 52.0 Å². The van der Waals surface area contributed by atoms with Crippen LogP contribution < -0.4 is 15.8 Å². The molecule has 36 heavy (non-hydrogen) atoms. The van der Waals surface area contributed by atoms with Gasteiger partial charge >= 0.3 is 17.8 Å². The Hall–Kier alpha value is -3.54. The third kappa shape index (κ3) is 5.99. The zero-order chi connectivity index (χ0) is 26.8. The molecule has 3 N–H and O–H groups in total. The Labute approximate surface area is 211 Å². The van der Waals surface area contributed by atoms with Gasteiger partial charge in [0.15, 0.2) is 0 Å². The fraction of sp³-hybridized carbons (Fsp3) is 0.500. The Balaban J connectivity index is 1.92. The number of hydrogen-bond acceptors (Lipinski definition) is 8. The van der Waals surface area contributed by atoms with E-state index in [0.29, 0.717) is 19.3 Å². The molecule has 194 valence electrons. The van der Waals surface area contributed by atoms with Gasteiger partial charge in [0.1, 0.15) is 10.7 Å². The Morgan fingerprint density at radius 2 is 2.00 bits per heavy atom. The summed E-state index contributed by atoms with van der Waals surface area (Å²) in [5.74, 6) is -3.68. The highest BCUT2D eigenvalue weighted by Crippen LogP contribution is 2.31. The first-order valence-corrected chi connectivity index (χ1v) is 12.4. The van der Waals surface area contributed by atoms with E-state index in [-0.39, 0.29) is 47.2 Å².